The molecule has 11 heavy (non-hydrogen) atoms. The summed E-state index contributed by atoms with van der Waals surface area (Å²) >= 11 is 0. The first-order valence-electron chi connectivity index (χ1n) is 4.27. The molecular weight excluding hydrogens is 142 g/mol. The Balaban J connectivity index is 1.91. The average molecular weight is 155 g/mol. The van der Waals surface area contributed by atoms with Crippen molar-refractivity contribution in [2.45, 2.75) is 37.8 Å². The van der Waals surface area contributed by atoms with Gasteiger partial charge >= 0.3 is 0 Å². The topological polar surface area (TPSA) is 41.6 Å². The van der Waals surface area contributed by atoms with Crippen molar-refractivity contribution >= 4 is 5.91 Å². The molecule has 2 heterocycles. The molecular formula is C8H13NO2. The highest BCUT2D eigenvalue weighted by atomic mass is 16.6. The maximum atomic E-state index is 11.1. The Bertz CT molecular complexity index is 165. The molecule has 1 amide bonds. The number of rotatable bonds is 1. The van der Waals surface area contributed by atoms with Crippen LogP contribution >= 0.6 is 0 Å². The highest BCUT2D eigenvalue weighted by Crippen LogP contribution is 2.21. The van der Waals surface area contributed by atoms with E-state index in [1.54, 1.807) is 0 Å². The minimum Gasteiger partial charge on any atom is -0.371 e. The molecule has 3 heteroatoms. The first-order chi connectivity index (χ1) is 5.36. The lowest BCUT2D eigenvalue weighted by Gasteiger charge is -2.11. The van der Waals surface area contributed by atoms with Gasteiger partial charge in [0.05, 0.1) is 12.6 Å². The molecule has 0 spiro atoms. The fraction of sp³-hybridized carbons (Fsp3) is 0.875. The Morgan fingerprint density at radius 1 is 1.45 bits per heavy atom. The quantitative estimate of drug-likeness (QED) is 0.558. The zero-order valence-electron chi connectivity index (χ0n) is 6.51. The standard InChI is InChI=1S/C8H13NO2/c10-8-4-2-1-3-6(9-8)7-5-11-7/h6-7H,1-5H2,(H,9,10). The van der Waals surface area contributed by atoms with Crippen LogP contribution in [0.5, 0.6) is 0 Å². The van der Waals surface area contributed by atoms with Crippen LogP contribution in [0.4, 0.5) is 0 Å². The van der Waals surface area contributed by atoms with Gasteiger partial charge in [-0.05, 0) is 12.8 Å². The van der Waals surface area contributed by atoms with Gasteiger partial charge in [-0.25, -0.2) is 0 Å². The maximum Gasteiger partial charge on any atom is 0.220 e. The molecule has 1 N–H and O–H groups in total. The Morgan fingerprint density at radius 3 is 3.00 bits per heavy atom. The number of amides is 1. The zero-order chi connectivity index (χ0) is 7.68. The number of hydrogen-bond donors (Lipinski definition) is 1. The molecule has 0 aromatic heterocycles. The molecule has 2 saturated heterocycles. The predicted molar refractivity (Wildman–Crippen MR) is 40.1 cm³/mol. The third-order valence-electron chi connectivity index (χ3n) is 2.32. The Labute approximate surface area is 66.1 Å². The highest BCUT2D eigenvalue weighted by molar-refractivity contribution is 5.76. The number of carbonyl (C=O) groups is 1. The fourth-order valence-electron chi connectivity index (χ4n) is 1.57. The summed E-state index contributed by atoms with van der Waals surface area (Å²) in [4.78, 5) is 11.1. The molecule has 2 fully saturated rings. The summed E-state index contributed by atoms with van der Waals surface area (Å²) in [6.45, 7) is 0.838. The molecule has 2 aliphatic rings. The van der Waals surface area contributed by atoms with E-state index in [0.29, 0.717) is 18.6 Å². The molecule has 0 radical (unpaired) electrons. The third-order valence-corrected chi connectivity index (χ3v) is 2.32. The Hall–Kier alpha value is -0.570. The van der Waals surface area contributed by atoms with Gasteiger partial charge in [0.1, 0.15) is 6.10 Å². The SMILES string of the molecule is O=C1CCCCC(C2CO2)N1. The molecule has 62 valence electrons. The van der Waals surface area contributed by atoms with Crippen molar-refractivity contribution in [3.05, 3.63) is 0 Å². The van der Waals surface area contributed by atoms with E-state index in [9.17, 15) is 4.79 Å². The first kappa shape index (κ1) is 7.10. The van der Waals surface area contributed by atoms with Crippen molar-refractivity contribution in [3.8, 4) is 0 Å². The molecule has 2 rings (SSSR count). The molecule has 0 saturated carbocycles. The van der Waals surface area contributed by atoms with Gasteiger partial charge in [0.25, 0.3) is 0 Å². The van der Waals surface area contributed by atoms with E-state index in [-0.39, 0.29) is 5.91 Å². The second kappa shape index (κ2) is 2.81. The number of epoxide rings is 1. The largest absolute Gasteiger partial charge is 0.371 e. The van der Waals surface area contributed by atoms with Gasteiger partial charge in [0, 0.05) is 6.42 Å². The van der Waals surface area contributed by atoms with Crippen molar-refractivity contribution in [3.63, 3.8) is 0 Å². The van der Waals surface area contributed by atoms with Gasteiger partial charge in [0.2, 0.25) is 5.91 Å². The summed E-state index contributed by atoms with van der Waals surface area (Å²) < 4.78 is 5.14. The van der Waals surface area contributed by atoms with Crippen LogP contribution in [-0.4, -0.2) is 24.7 Å². The molecule has 2 unspecified atom stereocenters. The number of carbonyl (C=O) groups excluding carboxylic acids is 1. The lowest BCUT2D eigenvalue weighted by molar-refractivity contribution is -0.121. The maximum absolute atomic E-state index is 11.1. The summed E-state index contributed by atoms with van der Waals surface area (Å²) in [5.74, 6) is 0.197. The Kier molecular flexibility index (Phi) is 1.82. The summed E-state index contributed by atoms with van der Waals surface area (Å²) in [5, 5.41) is 2.98. The van der Waals surface area contributed by atoms with E-state index < -0.39 is 0 Å². The predicted octanol–water partition coefficient (Wildman–Crippen LogP) is 0.444. The zero-order valence-corrected chi connectivity index (χ0v) is 6.51. The van der Waals surface area contributed by atoms with Crippen LogP contribution in [0, 0.1) is 0 Å². The number of hydrogen-bond acceptors (Lipinski definition) is 2. The van der Waals surface area contributed by atoms with Crippen LogP contribution in [0.2, 0.25) is 0 Å². The monoisotopic (exact) mass is 155 g/mol. The van der Waals surface area contributed by atoms with Crippen LogP contribution in [0.3, 0.4) is 0 Å². The van der Waals surface area contributed by atoms with Gasteiger partial charge in [-0.3, -0.25) is 4.79 Å². The van der Waals surface area contributed by atoms with Gasteiger partial charge < -0.3 is 10.1 Å². The van der Waals surface area contributed by atoms with E-state index in [1.165, 1.54) is 0 Å². The van der Waals surface area contributed by atoms with Gasteiger partial charge in [-0.15, -0.1) is 0 Å². The summed E-state index contributed by atoms with van der Waals surface area (Å²) in [7, 11) is 0. The minimum absolute atomic E-state index is 0.197. The van der Waals surface area contributed by atoms with E-state index in [4.69, 9.17) is 4.74 Å². The van der Waals surface area contributed by atoms with E-state index >= 15 is 0 Å². The molecule has 3 nitrogen and oxygen atoms in total. The van der Waals surface area contributed by atoms with Gasteiger partial charge in [0.15, 0.2) is 0 Å². The molecule has 0 aliphatic carbocycles. The van der Waals surface area contributed by atoms with Crippen molar-refractivity contribution in [1.29, 1.82) is 0 Å². The van der Waals surface area contributed by atoms with Gasteiger partial charge in [-0.2, -0.15) is 0 Å². The van der Waals surface area contributed by atoms with Crippen LogP contribution in [0.1, 0.15) is 25.7 Å². The highest BCUT2D eigenvalue weighted by Gasteiger charge is 2.34. The molecule has 0 aromatic rings. The van der Waals surface area contributed by atoms with E-state index in [1.807, 2.05) is 0 Å². The first-order valence-corrected chi connectivity index (χ1v) is 4.27. The summed E-state index contributed by atoms with van der Waals surface area (Å²) in [6, 6.07) is 0.310. The van der Waals surface area contributed by atoms with E-state index in [2.05, 4.69) is 5.32 Å². The fourth-order valence-corrected chi connectivity index (χ4v) is 1.57. The smallest absolute Gasteiger partial charge is 0.220 e. The van der Waals surface area contributed by atoms with E-state index in [0.717, 1.165) is 25.9 Å². The molecule has 2 aliphatic heterocycles. The van der Waals surface area contributed by atoms with Crippen molar-refractivity contribution < 1.29 is 9.53 Å². The lowest BCUT2D eigenvalue weighted by Crippen LogP contribution is -2.36. The summed E-state index contributed by atoms with van der Waals surface area (Å²) in [5.41, 5.74) is 0. The lowest BCUT2D eigenvalue weighted by atomic mass is 10.1. The van der Waals surface area contributed by atoms with Crippen LogP contribution in [0.15, 0.2) is 0 Å². The normalized spacial score (nSPS) is 37.6. The second-order valence-electron chi connectivity index (χ2n) is 3.29. The number of nitrogens with one attached hydrogen (secondary N) is 1. The number of ether oxygens (including phenoxy) is 1. The second-order valence-corrected chi connectivity index (χ2v) is 3.29. The summed E-state index contributed by atoms with van der Waals surface area (Å²) in [6.07, 6.45) is 4.31. The van der Waals surface area contributed by atoms with Crippen molar-refractivity contribution in [2.24, 2.45) is 0 Å². The molecule has 0 aromatic carbocycles. The Morgan fingerprint density at radius 2 is 2.27 bits per heavy atom. The van der Waals surface area contributed by atoms with Gasteiger partial charge in [-0.1, -0.05) is 6.42 Å². The van der Waals surface area contributed by atoms with Crippen LogP contribution < -0.4 is 5.32 Å². The molecule has 0 bridgehead atoms. The van der Waals surface area contributed by atoms with Crippen molar-refractivity contribution in [1.82, 2.24) is 5.32 Å². The van der Waals surface area contributed by atoms with Crippen LogP contribution in [-0.2, 0) is 9.53 Å². The molecule has 2 atom stereocenters. The third kappa shape index (κ3) is 1.71. The average Bonchev–Trinajstić information content (AvgIpc) is 2.71. The van der Waals surface area contributed by atoms with Crippen LogP contribution in [0.25, 0.3) is 0 Å². The minimum atomic E-state index is 0.197. The van der Waals surface area contributed by atoms with Crippen molar-refractivity contribution in [2.75, 3.05) is 6.61 Å².